The Kier molecular flexibility index (Phi) is 5.27. The number of amides is 2. The summed E-state index contributed by atoms with van der Waals surface area (Å²) < 4.78 is 38.5. The third kappa shape index (κ3) is 4.00. The SMILES string of the molecule is CC1CS(=O)(=O)N(c2ccc(C(=O)NCCc3ccccc3F)cc2)C1=O. The summed E-state index contributed by atoms with van der Waals surface area (Å²) in [6.07, 6.45) is 0.356. The normalized spacial score (nSPS) is 18.5. The van der Waals surface area contributed by atoms with E-state index in [1.54, 1.807) is 25.1 Å². The fourth-order valence-corrected chi connectivity index (χ4v) is 4.77. The van der Waals surface area contributed by atoms with E-state index in [4.69, 9.17) is 0 Å². The number of carbonyl (C=O) groups excluding carboxylic acids is 2. The zero-order chi connectivity index (χ0) is 19.6. The summed E-state index contributed by atoms with van der Waals surface area (Å²) in [4.78, 5) is 24.3. The second kappa shape index (κ2) is 7.48. The third-order valence-electron chi connectivity index (χ3n) is 4.36. The zero-order valence-corrected chi connectivity index (χ0v) is 15.5. The van der Waals surface area contributed by atoms with Crippen LogP contribution in [-0.2, 0) is 21.2 Å². The van der Waals surface area contributed by atoms with E-state index in [-0.39, 0.29) is 29.7 Å². The van der Waals surface area contributed by atoms with Crippen molar-refractivity contribution < 1.29 is 22.4 Å². The highest BCUT2D eigenvalue weighted by molar-refractivity contribution is 7.94. The molecule has 6 nitrogen and oxygen atoms in total. The lowest BCUT2D eigenvalue weighted by Gasteiger charge is -2.15. The van der Waals surface area contributed by atoms with Crippen LogP contribution in [-0.4, -0.2) is 32.5 Å². The van der Waals surface area contributed by atoms with Gasteiger partial charge >= 0.3 is 0 Å². The van der Waals surface area contributed by atoms with E-state index in [2.05, 4.69) is 5.32 Å². The average molecular weight is 390 g/mol. The van der Waals surface area contributed by atoms with E-state index in [1.807, 2.05) is 0 Å². The van der Waals surface area contributed by atoms with Crippen LogP contribution in [0.25, 0.3) is 0 Å². The minimum atomic E-state index is -3.67. The number of sulfonamides is 1. The molecule has 1 heterocycles. The molecule has 1 aliphatic heterocycles. The van der Waals surface area contributed by atoms with Crippen LogP contribution in [0.15, 0.2) is 48.5 Å². The predicted octanol–water partition coefficient (Wildman–Crippen LogP) is 2.11. The predicted molar refractivity (Wildman–Crippen MR) is 99.3 cm³/mol. The van der Waals surface area contributed by atoms with Gasteiger partial charge in [-0.1, -0.05) is 25.1 Å². The van der Waals surface area contributed by atoms with Crippen molar-refractivity contribution in [3.63, 3.8) is 0 Å². The fourth-order valence-electron chi connectivity index (χ4n) is 2.95. The number of halogens is 1. The van der Waals surface area contributed by atoms with Crippen molar-refractivity contribution in [2.24, 2.45) is 5.92 Å². The molecule has 2 amide bonds. The highest BCUT2D eigenvalue weighted by Gasteiger charge is 2.41. The number of carbonyl (C=O) groups is 2. The standard InChI is InChI=1S/C19H19FN2O4S/c1-13-12-27(25,26)22(19(13)24)16-8-6-15(7-9-16)18(23)21-11-10-14-4-2-3-5-17(14)20/h2-9,13H,10-12H2,1H3,(H,21,23). The van der Waals surface area contributed by atoms with Crippen molar-refractivity contribution in [1.29, 1.82) is 0 Å². The number of hydrogen-bond acceptors (Lipinski definition) is 4. The smallest absolute Gasteiger partial charge is 0.251 e. The Morgan fingerprint density at radius 2 is 1.85 bits per heavy atom. The minimum absolute atomic E-state index is 0.215. The van der Waals surface area contributed by atoms with Crippen LogP contribution in [0.5, 0.6) is 0 Å². The van der Waals surface area contributed by atoms with E-state index >= 15 is 0 Å². The van der Waals surface area contributed by atoms with Crippen molar-refractivity contribution >= 4 is 27.5 Å². The van der Waals surface area contributed by atoms with Crippen molar-refractivity contribution in [2.45, 2.75) is 13.3 Å². The van der Waals surface area contributed by atoms with E-state index in [1.165, 1.54) is 30.3 Å². The summed E-state index contributed by atoms with van der Waals surface area (Å²) in [6.45, 7) is 1.83. The van der Waals surface area contributed by atoms with Crippen LogP contribution in [0.4, 0.5) is 10.1 Å². The number of nitrogens with zero attached hydrogens (tertiary/aromatic N) is 1. The van der Waals surface area contributed by atoms with Crippen LogP contribution in [0.1, 0.15) is 22.8 Å². The molecular formula is C19H19FN2O4S. The molecule has 142 valence electrons. The molecule has 0 spiro atoms. The maximum absolute atomic E-state index is 13.6. The van der Waals surface area contributed by atoms with Crippen LogP contribution in [0, 0.1) is 11.7 Å². The van der Waals surface area contributed by atoms with Crippen molar-refractivity contribution in [3.05, 3.63) is 65.5 Å². The molecule has 2 aromatic carbocycles. The van der Waals surface area contributed by atoms with Gasteiger partial charge in [0, 0.05) is 12.1 Å². The van der Waals surface area contributed by atoms with Gasteiger partial charge in [0.1, 0.15) is 5.82 Å². The van der Waals surface area contributed by atoms with Gasteiger partial charge in [0.2, 0.25) is 15.9 Å². The first-order valence-corrected chi connectivity index (χ1v) is 10.1. The Balaban J connectivity index is 1.64. The first-order valence-electron chi connectivity index (χ1n) is 8.48. The van der Waals surface area contributed by atoms with E-state index in [0.717, 1.165) is 4.31 Å². The van der Waals surface area contributed by atoms with Gasteiger partial charge in [-0.15, -0.1) is 0 Å². The quantitative estimate of drug-likeness (QED) is 0.848. The molecule has 0 bridgehead atoms. The lowest BCUT2D eigenvalue weighted by molar-refractivity contribution is -0.119. The van der Waals surface area contributed by atoms with Crippen molar-refractivity contribution in [3.8, 4) is 0 Å². The third-order valence-corrected chi connectivity index (χ3v) is 6.23. The molecule has 2 aromatic rings. The first kappa shape index (κ1) is 19.0. The maximum Gasteiger partial charge on any atom is 0.251 e. The molecule has 1 atom stereocenters. The summed E-state index contributed by atoms with van der Waals surface area (Å²) >= 11 is 0. The molecule has 1 saturated heterocycles. The molecule has 27 heavy (non-hydrogen) atoms. The van der Waals surface area contributed by atoms with Gasteiger partial charge in [-0.3, -0.25) is 9.59 Å². The van der Waals surface area contributed by atoms with Crippen LogP contribution >= 0.6 is 0 Å². The molecule has 1 unspecified atom stereocenters. The fraction of sp³-hybridized carbons (Fsp3) is 0.263. The monoisotopic (exact) mass is 390 g/mol. The van der Waals surface area contributed by atoms with Gasteiger partial charge in [-0.05, 0) is 42.3 Å². The lowest BCUT2D eigenvalue weighted by Crippen LogP contribution is -2.30. The first-order chi connectivity index (χ1) is 12.8. The van der Waals surface area contributed by atoms with Gasteiger partial charge in [0.05, 0.1) is 17.4 Å². The number of benzene rings is 2. The highest BCUT2D eigenvalue weighted by Crippen LogP contribution is 2.28. The summed E-state index contributed by atoms with van der Waals surface area (Å²) in [5.41, 5.74) is 1.05. The Morgan fingerprint density at radius 3 is 2.44 bits per heavy atom. The maximum atomic E-state index is 13.6. The molecular weight excluding hydrogens is 371 g/mol. The highest BCUT2D eigenvalue weighted by atomic mass is 32.2. The van der Waals surface area contributed by atoms with Gasteiger partial charge in [-0.25, -0.2) is 17.1 Å². The summed E-state index contributed by atoms with van der Waals surface area (Å²) in [5, 5.41) is 2.69. The Morgan fingerprint density at radius 1 is 1.19 bits per heavy atom. The van der Waals surface area contributed by atoms with E-state index < -0.39 is 21.8 Å². The number of nitrogens with one attached hydrogen (secondary N) is 1. The molecule has 1 fully saturated rings. The van der Waals surface area contributed by atoms with Crippen molar-refractivity contribution in [2.75, 3.05) is 16.6 Å². The van der Waals surface area contributed by atoms with Crippen LogP contribution < -0.4 is 9.62 Å². The van der Waals surface area contributed by atoms with E-state index in [0.29, 0.717) is 17.5 Å². The molecule has 0 aromatic heterocycles. The number of rotatable bonds is 5. The van der Waals surface area contributed by atoms with Gasteiger partial charge in [0.25, 0.3) is 5.91 Å². The second-order valence-electron chi connectivity index (χ2n) is 6.43. The average Bonchev–Trinajstić information content (AvgIpc) is 2.84. The Hall–Kier alpha value is -2.74. The summed E-state index contributed by atoms with van der Waals surface area (Å²) in [5.74, 6) is -1.96. The number of anilines is 1. The molecule has 3 rings (SSSR count). The van der Waals surface area contributed by atoms with Crippen LogP contribution in [0.2, 0.25) is 0 Å². The van der Waals surface area contributed by atoms with E-state index in [9.17, 15) is 22.4 Å². The minimum Gasteiger partial charge on any atom is -0.352 e. The summed E-state index contributed by atoms with van der Waals surface area (Å²) in [6, 6.07) is 12.1. The molecule has 0 saturated carbocycles. The summed E-state index contributed by atoms with van der Waals surface area (Å²) in [7, 11) is -3.67. The lowest BCUT2D eigenvalue weighted by atomic mass is 10.1. The Bertz CT molecular complexity index is 973. The largest absolute Gasteiger partial charge is 0.352 e. The van der Waals surface area contributed by atoms with Gasteiger partial charge < -0.3 is 5.32 Å². The molecule has 1 aliphatic rings. The molecule has 8 heteroatoms. The van der Waals surface area contributed by atoms with Gasteiger partial charge in [-0.2, -0.15) is 0 Å². The second-order valence-corrected chi connectivity index (χ2v) is 8.29. The van der Waals surface area contributed by atoms with Crippen LogP contribution in [0.3, 0.4) is 0 Å². The Labute approximate surface area is 157 Å². The van der Waals surface area contributed by atoms with Crippen molar-refractivity contribution in [1.82, 2.24) is 5.32 Å². The number of hydrogen-bond donors (Lipinski definition) is 1. The molecule has 1 N–H and O–H groups in total. The van der Waals surface area contributed by atoms with Gasteiger partial charge in [0.15, 0.2) is 0 Å². The molecule has 0 radical (unpaired) electrons. The topological polar surface area (TPSA) is 83.6 Å². The molecule has 0 aliphatic carbocycles. The zero-order valence-electron chi connectivity index (χ0n) is 14.7.